The number of carbonyl (C=O) groups is 4. The lowest BCUT2D eigenvalue weighted by atomic mass is 9.84. The Morgan fingerprint density at radius 3 is 2.60 bits per heavy atom. The summed E-state index contributed by atoms with van der Waals surface area (Å²) in [5.41, 5.74) is 9.42. The number of rotatable bonds is 8. The largest absolute Gasteiger partial charge is 0.464 e. The fraction of sp³-hybridized carbons (Fsp3) is 0.556. The monoisotopic (exact) mass is 840 g/mol. The highest BCUT2D eigenvalue weighted by molar-refractivity contribution is 7.10. The molecule has 15 heteroatoms. The van der Waals surface area contributed by atoms with E-state index in [0.29, 0.717) is 50.4 Å². The van der Waals surface area contributed by atoms with Crippen LogP contribution in [0.25, 0.3) is 33.4 Å². The van der Waals surface area contributed by atoms with Crippen molar-refractivity contribution in [3.63, 3.8) is 0 Å². The highest BCUT2D eigenvalue weighted by Gasteiger charge is 2.39. The van der Waals surface area contributed by atoms with E-state index in [1.165, 1.54) is 21.2 Å². The minimum atomic E-state index is -1.02. The van der Waals surface area contributed by atoms with Crippen molar-refractivity contribution in [2.75, 3.05) is 40.4 Å². The molecule has 4 atom stereocenters. The number of fused-ring (bicyclic) bond motifs is 6. The highest BCUT2D eigenvalue weighted by atomic mass is 32.1. The van der Waals surface area contributed by atoms with Crippen LogP contribution in [0.15, 0.2) is 41.9 Å². The van der Waals surface area contributed by atoms with E-state index in [1.54, 1.807) is 25.3 Å². The third-order valence-electron chi connectivity index (χ3n) is 12.2. The van der Waals surface area contributed by atoms with Gasteiger partial charge in [0, 0.05) is 85.8 Å². The van der Waals surface area contributed by atoms with Gasteiger partial charge in [0.25, 0.3) is 5.91 Å². The van der Waals surface area contributed by atoms with Crippen molar-refractivity contribution in [3.8, 4) is 22.5 Å². The molecule has 1 aromatic carbocycles. The second-order valence-corrected chi connectivity index (χ2v) is 18.5. The third-order valence-corrected chi connectivity index (χ3v) is 13.0. The first-order valence-corrected chi connectivity index (χ1v) is 22.2. The second kappa shape index (κ2) is 18.0. The van der Waals surface area contributed by atoms with Crippen molar-refractivity contribution in [2.24, 2.45) is 11.3 Å². The van der Waals surface area contributed by atoms with Gasteiger partial charge in [0.15, 0.2) is 0 Å². The molecule has 4 amide bonds. The van der Waals surface area contributed by atoms with Crippen molar-refractivity contribution >= 4 is 46.1 Å². The van der Waals surface area contributed by atoms with Crippen LogP contribution in [0.3, 0.4) is 0 Å². The summed E-state index contributed by atoms with van der Waals surface area (Å²) in [4.78, 5) is 69.2. The molecule has 2 saturated heterocycles. The van der Waals surface area contributed by atoms with Crippen LogP contribution >= 0.6 is 11.3 Å². The number of pyridine rings is 1. The number of likely N-dealkylation sites (N-methyl/N-ethyl adjacent to an activating group) is 1. The number of nitrogens with one attached hydrogen (secondary N) is 2. The van der Waals surface area contributed by atoms with Crippen LogP contribution in [0, 0.1) is 11.3 Å². The van der Waals surface area contributed by atoms with E-state index in [4.69, 9.17) is 19.4 Å². The highest BCUT2D eigenvalue weighted by Crippen LogP contribution is 2.42. The number of aryl methyl sites for hydroxylation is 1. The smallest absolute Gasteiger partial charge is 0.324 e. The lowest BCUT2D eigenvalue weighted by molar-refractivity contribution is -0.155. The van der Waals surface area contributed by atoms with Crippen LogP contribution in [0.5, 0.6) is 0 Å². The molecule has 2 N–H and O–H groups in total. The van der Waals surface area contributed by atoms with Gasteiger partial charge in [-0.15, -0.1) is 11.3 Å². The Bertz CT molecular complexity index is 2230. The molecule has 0 aliphatic carbocycles. The number of hydrazine groups is 1. The number of hydrogen-bond donors (Lipinski definition) is 2. The average molecular weight is 841 g/mol. The van der Waals surface area contributed by atoms with Gasteiger partial charge in [0.2, 0.25) is 5.91 Å². The summed E-state index contributed by atoms with van der Waals surface area (Å²) in [6.45, 7) is 14.7. The van der Waals surface area contributed by atoms with E-state index < -0.39 is 35.4 Å². The van der Waals surface area contributed by atoms with E-state index >= 15 is 0 Å². The SMILES string of the molecule is CCn1c(-c2cccnc2[C@H](C)OC)c2c3cc(ccc31)-c1csc(n1)C[C@H](NC(=O)C(C(C)C)N(C)C(=O)N1CCCC1)C(=O)N1CCC[C@H](N1)C(=O)OCC(C)(C)C2. The van der Waals surface area contributed by atoms with Crippen molar-refractivity contribution in [3.05, 3.63) is 58.2 Å². The van der Waals surface area contributed by atoms with Gasteiger partial charge in [-0.05, 0) is 81.7 Å². The van der Waals surface area contributed by atoms with Crippen LogP contribution in [0.4, 0.5) is 4.79 Å². The molecule has 14 nitrogen and oxygen atoms in total. The van der Waals surface area contributed by atoms with Crippen LogP contribution in [0.2, 0.25) is 0 Å². The Kier molecular flexibility index (Phi) is 13.0. The summed E-state index contributed by atoms with van der Waals surface area (Å²) in [5, 5.41) is 8.21. The maximum atomic E-state index is 14.5. The Labute approximate surface area is 357 Å². The molecule has 4 aromatic rings. The summed E-state index contributed by atoms with van der Waals surface area (Å²) >= 11 is 1.43. The molecule has 0 saturated carbocycles. The number of nitrogens with zero attached hydrogens (tertiary/aromatic N) is 6. The average Bonchev–Trinajstić information content (AvgIpc) is 4.01. The third kappa shape index (κ3) is 8.80. The van der Waals surface area contributed by atoms with Crippen molar-refractivity contribution in [2.45, 2.75) is 111 Å². The Morgan fingerprint density at radius 1 is 1.12 bits per heavy atom. The number of thiazole rings is 1. The number of benzene rings is 1. The number of cyclic esters (lactones) is 1. The molecule has 6 bridgehead atoms. The molecule has 2 fully saturated rings. The van der Waals surface area contributed by atoms with Gasteiger partial charge < -0.3 is 29.2 Å². The topological polar surface area (TPSA) is 151 Å². The summed E-state index contributed by atoms with van der Waals surface area (Å²) < 4.78 is 14.2. The van der Waals surface area contributed by atoms with Gasteiger partial charge in [0.05, 0.1) is 34.8 Å². The van der Waals surface area contributed by atoms with Gasteiger partial charge in [-0.1, -0.05) is 33.8 Å². The molecule has 0 spiro atoms. The Balaban J connectivity index is 1.30. The number of aromatic nitrogens is 3. The maximum absolute atomic E-state index is 14.5. The number of carbonyl (C=O) groups excluding carboxylic acids is 4. The number of urea groups is 1. The van der Waals surface area contributed by atoms with Crippen LogP contribution in [-0.4, -0.2) is 112 Å². The molecule has 1 unspecified atom stereocenters. The minimum Gasteiger partial charge on any atom is -0.464 e. The number of likely N-dealkylation sites (tertiary alicyclic amines) is 1. The van der Waals surface area contributed by atoms with Crippen molar-refractivity contribution in [1.29, 1.82) is 0 Å². The lowest BCUT2D eigenvalue weighted by Crippen LogP contribution is -2.62. The van der Waals surface area contributed by atoms with E-state index in [-0.39, 0.29) is 37.0 Å². The molecule has 0 radical (unpaired) electrons. The molecule has 3 aliphatic rings. The van der Waals surface area contributed by atoms with Gasteiger partial charge in [0.1, 0.15) is 18.1 Å². The zero-order valence-electron chi connectivity index (χ0n) is 36.2. The number of hydrogen-bond acceptors (Lipinski definition) is 10. The summed E-state index contributed by atoms with van der Waals surface area (Å²) in [5.74, 6) is -1.46. The van der Waals surface area contributed by atoms with E-state index in [2.05, 4.69) is 60.3 Å². The zero-order valence-corrected chi connectivity index (χ0v) is 37.1. The summed E-state index contributed by atoms with van der Waals surface area (Å²) in [7, 11) is 3.35. The number of methoxy groups -OCH3 is 1. The van der Waals surface area contributed by atoms with Crippen molar-refractivity contribution in [1.82, 2.24) is 40.1 Å². The molecule has 322 valence electrons. The molecule has 60 heavy (non-hydrogen) atoms. The molecular formula is C45H60N8O6S. The van der Waals surface area contributed by atoms with E-state index in [9.17, 15) is 19.2 Å². The molecule has 6 heterocycles. The first kappa shape index (κ1) is 43.2. The number of ether oxygens (including phenoxy) is 2. The first-order valence-electron chi connectivity index (χ1n) is 21.4. The standard InChI is InChI=1S/C45H60N8O6S/c1-9-52-36-17-16-29-22-31(36)32(40(52)30-14-12-18-46-38(30)28(4)58-8)24-45(5,6)26-59-43(56)33-15-13-21-53(49-33)42(55)34(23-37-47-35(29)25-60-37)48-41(54)39(27(2)3)50(7)44(57)51-19-10-11-20-51/h12,14,16-18,22,25,27-28,33-34,39,49H,9-11,13,15,19-21,23-24,26H2,1-8H3,(H,48,54)/t28-,33-,34-,39?/m0/s1. The summed E-state index contributed by atoms with van der Waals surface area (Å²) in [6.07, 6.45) is 5.20. The van der Waals surface area contributed by atoms with E-state index in [1.807, 2.05) is 32.2 Å². The fourth-order valence-electron chi connectivity index (χ4n) is 9.00. The number of esters is 1. The van der Waals surface area contributed by atoms with Crippen LogP contribution < -0.4 is 10.7 Å². The Morgan fingerprint density at radius 2 is 1.88 bits per heavy atom. The van der Waals surface area contributed by atoms with Crippen molar-refractivity contribution < 1.29 is 28.7 Å². The normalized spacial score (nSPS) is 20.8. The Hall–Kier alpha value is -4.86. The predicted octanol–water partition coefficient (Wildman–Crippen LogP) is 6.37. The quantitative estimate of drug-likeness (QED) is 0.193. The van der Waals surface area contributed by atoms with Gasteiger partial charge in [-0.3, -0.25) is 24.4 Å². The fourth-order valence-corrected chi connectivity index (χ4v) is 9.85. The molecule has 7 rings (SSSR count). The van der Waals surface area contributed by atoms with Crippen LogP contribution in [-0.2, 0) is 43.2 Å². The van der Waals surface area contributed by atoms with E-state index in [0.717, 1.165) is 57.5 Å². The first-order chi connectivity index (χ1) is 28.7. The summed E-state index contributed by atoms with van der Waals surface area (Å²) in [6, 6.07) is 7.68. The van der Waals surface area contributed by atoms with Crippen LogP contribution in [0.1, 0.15) is 89.6 Å². The second-order valence-electron chi connectivity index (χ2n) is 17.5. The lowest BCUT2D eigenvalue weighted by Gasteiger charge is -2.37. The minimum absolute atomic E-state index is 0.122. The molecular weight excluding hydrogens is 781 g/mol. The van der Waals surface area contributed by atoms with Gasteiger partial charge >= 0.3 is 12.0 Å². The maximum Gasteiger partial charge on any atom is 0.324 e. The molecule has 3 aromatic heterocycles. The molecule has 3 aliphatic heterocycles. The number of amides is 4. The van der Waals surface area contributed by atoms with Gasteiger partial charge in [-0.2, -0.15) is 0 Å². The zero-order chi connectivity index (χ0) is 42.9. The van der Waals surface area contributed by atoms with Gasteiger partial charge in [-0.25, -0.2) is 15.2 Å². The predicted molar refractivity (Wildman–Crippen MR) is 232 cm³/mol.